The maximum atomic E-state index is 13.5. The molecule has 2 aromatic carbocycles. The average Bonchev–Trinajstić information content (AvgIpc) is 3.09. The van der Waals surface area contributed by atoms with E-state index in [1.54, 1.807) is 32.2 Å². The lowest BCUT2D eigenvalue weighted by Crippen LogP contribution is -2.58. The third-order valence-corrected chi connectivity index (χ3v) is 7.12. The SMILES string of the molecule is CCOC(=O)C1CN(c2ccc3c(c2)sc(=O)n3C)C(=O)N(Cc2cccc(C(F)(F)F)c2C)C1=O. The van der Waals surface area contributed by atoms with E-state index in [9.17, 15) is 32.3 Å². The third kappa shape index (κ3) is 4.48. The van der Waals surface area contributed by atoms with Gasteiger partial charge >= 0.3 is 23.0 Å². The van der Waals surface area contributed by atoms with Crippen molar-refractivity contribution in [2.45, 2.75) is 26.6 Å². The number of rotatable bonds is 5. The van der Waals surface area contributed by atoms with Crippen LogP contribution in [0.3, 0.4) is 0 Å². The molecule has 3 aromatic rings. The van der Waals surface area contributed by atoms with Crippen LogP contribution in [0.15, 0.2) is 41.2 Å². The lowest BCUT2D eigenvalue weighted by Gasteiger charge is -2.38. The van der Waals surface area contributed by atoms with Gasteiger partial charge in [0, 0.05) is 12.7 Å². The second kappa shape index (κ2) is 9.41. The smallest absolute Gasteiger partial charge is 0.416 e. The Balaban J connectivity index is 1.76. The highest BCUT2D eigenvalue weighted by Gasteiger charge is 2.44. The fourth-order valence-electron chi connectivity index (χ4n) is 4.17. The molecule has 36 heavy (non-hydrogen) atoms. The number of nitrogens with zero attached hydrogens (tertiary/aromatic N) is 3. The predicted octanol–water partition coefficient (Wildman–Crippen LogP) is 4.08. The van der Waals surface area contributed by atoms with Crippen molar-refractivity contribution in [3.8, 4) is 0 Å². The molecule has 1 aliphatic heterocycles. The van der Waals surface area contributed by atoms with Crippen LogP contribution in [0.5, 0.6) is 0 Å². The quantitative estimate of drug-likeness (QED) is 0.373. The van der Waals surface area contributed by atoms with Gasteiger partial charge in [-0.2, -0.15) is 13.2 Å². The van der Waals surface area contributed by atoms with Crippen molar-refractivity contribution in [2.75, 3.05) is 18.1 Å². The monoisotopic (exact) mass is 521 g/mol. The highest BCUT2D eigenvalue weighted by Crippen LogP contribution is 2.34. The minimum Gasteiger partial charge on any atom is -0.465 e. The predicted molar refractivity (Wildman–Crippen MR) is 127 cm³/mol. The van der Waals surface area contributed by atoms with E-state index in [0.29, 0.717) is 15.9 Å². The summed E-state index contributed by atoms with van der Waals surface area (Å²) in [7, 11) is 1.61. The molecule has 190 valence electrons. The van der Waals surface area contributed by atoms with Crippen molar-refractivity contribution in [3.05, 3.63) is 62.8 Å². The molecule has 8 nitrogen and oxygen atoms in total. The van der Waals surface area contributed by atoms with E-state index < -0.39 is 42.1 Å². The zero-order chi connectivity index (χ0) is 26.4. The summed E-state index contributed by atoms with van der Waals surface area (Å²) in [5.41, 5.74) is 0.105. The summed E-state index contributed by atoms with van der Waals surface area (Å²) in [5.74, 6) is -3.05. The molecule has 0 spiro atoms. The molecule has 1 saturated heterocycles. The lowest BCUT2D eigenvalue weighted by atomic mass is 9.99. The fourth-order valence-corrected chi connectivity index (χ4v) is 5.08. The molecule has 0 saturated carbocycles. The van der Waals surface area contributed by atoms with Crippen molar-refractivity contribution in [1.29, 1.82) is 0 Å². The van der Waals surface area contributed by atoms with Gasteiger partial charge in [0.2, 0.25) is 5.91 Å². The standard InChI is InChI=1S/C24H22F3N3O5S/c1-4-35-21(32)16-12-29(15-8-9-18-19(10-15)36-23(34)28(18)3)22(33)30(20(16)31)11-14-6-5-7-17(13(14)2)24(25,26)27/h5-10,16H,4,11-12H2,1-3H3. The maximum Gasteiger partial charge on any atom is 0.416 e. The summed E-state index contributed by atoms with van der Waals surface area (Å²) < 4.78 is 47.3. The number of alkyl halides is 3. The van der Waals surface area contributed by atoms with Gasteiger partial charge in [-0.25, -0.2) is 4.79 Å². The molecule has 0 aliphatic carbocycles. The molecule has 1 aliphatic rings. The molecular formula is C24H22F3N3O5S. The Hall–Kier alpha value is -3.67. The number of hydrogen-bond acceptors (Lipinski definition) is 6. The lowest BCUT2D eigenvalue weighted by molar-refractivity contribution is -0.154. The number of urea groups is 1. The normalized spacial score (nSPS) is 16.7. The summed E-state index contributed by atoms with van der Waals surface area (Å²) in [6.45, 7) is 2.09. The number of hydrogen-bond donors (Lipinski definition) is 0. The van der Waals surface area contributed by atoms with Crippen molar-refractivity contribution < 1.29 is 32.3 Å². The molecule has 2 heterocycles. The van der Waals surface area contributed by atoms with Crippen molar-refractivity contribution in [1.82, 2.24) is 9.47 Å². The largest absolute Gasteiger partial charge is 0.465 e. The Kier molecular flexibility index (Phi) is 6.65. The molecule has 12 heteroatoms. The molecule has 0 N–H and O–H groups in total. The van der Waals surface area contributed by atoms with Gasteiger partial charge in [0.25, 0.3) is 0 Å². The Labute approximate surface area is 207 Å². The zero-order valence-corrected chi connectivity index (χ0v) is 20.4. The van der Waals surface area contributed by atoms with Gasteiger partial charge in [-0.3, -0.25) is 24.2 Å². The Morgan fingerprint density at radius 3 is 2.56 bits per heavy atom. The van der Waals surface area contributed by atoms with Crippen LogP contribution in [0.4, 0.5) is 23.7 Å². The second-order valence-electron chi connectivity index (χ2n) is 8.29. The summed E-state index contributed by atoms with van der Waals surface area (Å²) in [6.07, 6.45) is -4.61. The van der Waals surface area contributed by atoms with Crippen molar-refractivity contribution in [3.63, 3.8) is 0 Å². The summed E-state index contributed by atoms with van der Waals surface area (Å²) in [4.78, 5) is 53.1. The molecule has 1 unspecified atom stereocenters. The van der Waals surface area contributed by atoms with Gasteiger partial charge in [-0.1, -0.05) is 23.5 Å². The van der Waals surface area contributed by atoms with Crippen molar-refractivity contribution in [2.24, 2.45) is 13.0 Å². The molecule has 3 amide bonds. The fraction of sp³-hybridized carbons (Fsp3) is 0.333. The van der Waals surface area contributed by atoms with Gasteiger partial charge in [-0.15, -0.1) is 0 Å². The van der Waals surface area contributed by atoms with Gasteiger partial charge in [0.15, 0.2) is 5.92 Å². The number of benzene rings is 2. The van der Waals surface area contributed by atoms with Gasteiger partial charge in [-0.05, 0) is 49.2 Å². The minimum absolute atomic E-state index is 0.00717. The number of carbonyl (C=O) groups is 3. The first kappa shape index (κ1) is 25.4. The molecule has 0 bridgehead atoms. The number of halogens is 3. The van der Waals surface area contributed by atoms with Gasteiger partial charge in [0.05, 0.1) is 35.5 Å². The Bertz CT molecular complexity index is 1430. The molecular weight excluding hydrogens is 499 g/mol. The first-order chi connectivity index (χ1) is 16.9. The molecule has 1 atom stereocenters. The number of anilines is 1. The maximum absolute atomic E-state index is 13.5. The Morgan fingerprint density at radius 2 is 1.89 bits per heavy atom. The van der Waals surface area contributed by atoms with Crippen molar-refractivity contribution >= 4 is 45.1 Å². The van der Waals surface area contributed by atoms with Crippen LogP contribution in [0.2, 0.25) is 0 Å². The summed E-state index contributed by atoms with van der Waals surface area (Å²) in [5, 5.41) is 0. The summed E-state index contributed by atoms with van der Waals surface area (Å²) >= 11 is 0.974. The van der Waals surface area contributed by atoms with Crippen LogP contribution in [0.25, 0.3) is 10.2 Å². The van der Waals surface area contributed by atoms with Crippen LogP contribution in [0.1, 0.15) is 23.6 Å². The topological polar surface area (TPSA) is 88.9 Å². The van der Waals surface area contributed by atoms with Gasteiger partial charge in [0.1, 0.15) is 0 Å². The highest BCUT2D eigenvalue weighted by molar-refractivity contribution is 7.16. The van der Waals surface area contributed by atoms with E-state index in [4.69, 9.17) is 4.74 Å². The van der Waals surface area contributed by atoms with E-state index in [2.05, 4.69) is 0 Å². The van der Waals surface area contributed by atoms with E-state index in [1.165, 1.54) is 28.5 Å². The number of fused-ring (bicyclic) bond motifs is 1. The average molecular weight is 522 g/mol. The van der Waals surface area contributed by atoms with Crippen LogP contribution in [-0.4, -0.2) is 40.5 Å². The number of thiazole rings is 1. The molecule has 1 fully saturated rings. The number of carbonyl (C=O) groups excluding carboxylic acids is 3. The Morgan fingerprint density at radius 1 is 1.17 bits per heavy atom. The van der Waals surface area contributed by atoms with Crippen LogP contribution < -0.4 is 9.77 Å². The zero-order valence-electron chi connectivity index (χ0n) is 19.6. The van der Waals surface area contributed by atoms with Crippen LogP contribution in [-0.2, 0) is 34.1 Å². The number of aryl methyl sites for hydroxylation is 1. The first-order valence-electron chi connectivity index (χ1n) is 11.0. The van der Waals surface area contributed by atoms with Crippen LogP contribution >= 0.6 is 11.3 Å². The van der Waals surface area contributed by atoms with E-state index in [-0.39, 0.29) is 29.2 Å². The summed E-state index contributed by atoms with van der Waals surface area (Å²) in [6, 6.07) is 7.57. The van der Waals surface area contributed by atoms with E-state index in [0.717, 1.165) is 22.3 Å². The number of imide groups is 1. The molecule has 0 radical (unpaired) electrons. The highest BCUT2D eigenvalue weighted by atomic mass is 32.1. The van der Waals surface area contributed by atoms with Gasteiger partial charge < -0.3 is 9.30 Å². The number of amides is 3. The third-order valence-electron chi connectivity index (χ3n) is 6.13. The minimum atomic E-state index is -4.61. The van der Waals surface area contributed by atoms with Crippen LogP contribution in [0, 0.1) is 12.8 Å². The number of esters is 1. The molecule has 1 aromatic heterocycles. The molecule has 4 rings (SSSR count). The van der Waals surface area contributed by atoms with E-state index in [1.807, 2.05) is 0 Å². The van der Waals surface area contributed by atoms with E-state index >= 15 is 0 Å². The second-order valence-corrected chi connectivity index (χ2v) is 9.28. The first-order valence-corrected chi connectivity index (χ1v) is 11.8. The number of ether oxygens (including phenoxy) is 1. The number of aromatic nitrogens is 1.